The standard InChI is InChI=1S/C13H10F2N4S/c1-6-9(5-17-19-6)11-12(20-13(16)18-11)8-4-7(14)2-3-10(8)15/h2-5H,1H3,(H2,16,18)(H,17,19). The summed E-state index contributed by atoms with van der Waals surface area (Å²) >= 11 is 1.12. The molecule has 0 aliphatic carbocycles. The van der Waals surface area contributed by atoms with Crippen LogP contribution < -0.4 is 5.73 Å². The van der Waals surface area contributed by atoms with E-state index in [1.807, 2.05) is 6.92 Å². The maximum Gasteiger partial charge on any atom is 0.181 e. The third-order valence-electron chi connectivity index (χ3n) is 2.90. The molecule has 4 nitrogen and oxygen atoms in total. The second-order valence-electron chi connectivity index (χ2n) is 4.26. The zero-order valence-electron chi connectivity index (χ0n) is 10.4. The van der Waals surface area contributed by atoms with Crippen molar-refractivity contribution < 1.29 is 8.78 Å². The SMILES string of the molecule is Cc1[nH]ncc1-c1nc(N)sc1-c1cc(F)ccc1F. The van der Waals surface area contributed by atoms with E-state index in [0.717, 1.165) is 40.8 Å². The second-order valence-corrected chi connectivity index (χ2v) is 5.29. The van der Waals surface area contributed by atoms with Crippen LogP contribution in [0, 0.1) is 18.6 Å². The van der Waals surface area contributed by atoms with Gasteiger partial charge in [0.15, 0.2) is 5.13 Å². The molecule has 2 aromatic heterocycles. The maximum absolute atomic E-state index is 13.9. The number of rotatable bonds is 2. The van der Waals surface area contributed by atoms with Crippen molar-refractivity contribution in [2.24, 2.45) is 0 Å². The first-order chi connectivity index (χ1) is 9.56. The Bertz CT molecular complexity index is 779. The lowest BCUT2D eigenvalue weighted by molar-refractivity contribution is 0.603. The first-order valence-electron chi connectivity index (χ1n) is 5.78. The van der Waals surface area contributed by atoms with Crippen LogP contribution in [0.2, 0.25) is 0 Å². The molecule has 0 aliphatic rings. The highest BCUT2D eigenvalue weighted by molar-refractivity contribution is 7.19. The van der Waals surface area contributed by atoms with Gasteiger partial charge in [-0.2, -0.15) is 5.10 Å². The minimum atomic E-state index is -0.516. The summed E-state index contributed by atoms with van der Waals surface area (Å²) in [6.07, 6.45) is 1.59. The molecule has 0 radical (unpaired) electrons. The van der Waals surface area contributed by atoms with E-state index in [-0.39, 0.29) is 5.56 Å². The van der Waals surface area contributed by atoms with Crippen molar-refractivity contribution in [2.45, 2.75) is 6.92 Å². The van der Waals surface area contributed by atoms with Crippen molar-refractivity contribution in [3.63, 3.8) is 0 Å². The Hall–Kier alpha value is -2.28. The topological polar surface area (TPSA) is 67.6 Å². The van der Waals surface area contributed by atoms with E-state index in [1.54, 1.807) is 6.20 Å². The summed E-state index contributed by atoms with van der Waals surface area (Å²) in [7, 11) is 0. The van der Waals surface area contributed by atoms with Gasteiger partial charge in [0.25, 0.3) is 0 Å². The number of hydrogen-bond donors (Lipinski definition) is 2. The van der Waals surface area contributed by atoms with Gasteiger partial charge in [-0.15, -0.1) is 0 Å². The van der Waals surface area contributed by atoms with Gasteiger partial charge < -0.3 is 5.73 Å². The van der Waals surface area contributed by atoms with Crippen molar-refractivity contribution >= 4 is 16.5 Å². The van der Waals surface area contributed by atoms with Gasteiger partial charge >= 0.3 is 0 Å². The number of H-pyrrole nitrogens is 1. The number of aromatic amines is 1. The van der Waals surface area contributed by atoms with E-state index < -0.39 is 11.6 Å². The first kappa shape index (κ1) is 12.7. The van der Waals surface area contributed by atoms with Crippen LogP contribution in [0.5, 0.6) is 0 Å². The van der Waals surface area contributed by atoms with Crippen molar-refractivity contribution in [2.75, 3.05) is 5.73 Å². The monoisotopic (exact) mass is 292 g/mol. The van der Waals surface area contributed by atoms with Gasteiger partial charge in [0, 0.05) is 16.8 Å². The second kappa shape index (κ2) is 4.68. The third-order valence-corrected chi connectivity index (χ3v) is 3.82. The van der Waals surface area contributed by atoms with E-state index in [0.29, 0.717) is 15.7 Å². The molecule has 0 aliphatic heterocycles. The molecule has 0 fully saturated rings. The number of halogens is 2. The molecule has 20 heavy (non-hydrogen) atoms. The van der Waals surface area contributed by atoms with Crippen LogP contribution in [-0.2, 0) is 0 Å². The number of nitrogen functional groups attached to an aromatic ring is 1. The van der Waals surface area contributed by atoms with Crippen LogP contribution >= 0.6 is 11.3 Å². The highest BCUT2D eigenvalue weighted by Crippen LogP contribution is 2.39. The van der Waals surface area contributed by atoms with Gasteiger partial charge in [-0.05, 0) is 25.1 Å². The summed E-state index contributed by atoms with van der Waals surface area (Å²) < 4.78 is 27.3. The zero-order valence-corrected chi connectivity index (χ0v) is 11.3. The molecular formula is C13H10F2N4S. The lowest BCUT2D eigenvalue weighted by atomic mass is 10.1. The number of aromatic nitrogens is 3. The zero-order chi connectivity index (χ0) is 14.3. The molecule has 0 atom stereocenters. The van der Waals surface area contributed by atoms with Gasteiger partial charge in [-0.1, -0.05) is 11.3 Å². The van der Waals surface area contributed by atoms with E-state index in [1.165, 1.54) is 0 Å². The number of benzene rings is 1. The smallest absolute Gasteiger partial charge is 0.181 e. The normalized spacial score (nSPS) is 10.9. The number of hydrogen-bond acceptors (Lipinski definition) is 4. The Kier molecular flexibility index (Phi) is 2.98. The third kappa shape index (κ3) is 2.05. The molecule has 7 heteroatoms. The van der Waals surface area contributed by atoms with Crippen molar-refractivity contribution in [3.8, 4) is 21.7 Å². The summed E-state index contributed by atoms with van der Waals surface area (Å²) in [4.78, 5) is 4.70. The van der Waals surface area contributed by atoms with Crippen molar-refractivity contribution in [3.05, 3.63) is 41.7 Å². The predicted molar refractivity (Wildman–Crippen MR) is 74.2 cm³/mol. The molecule has 3 rings (SSSR count). The molecule has 102 valence electrons. The van der Waals surface area contributed by atoms with E-state index in [4.69, 9.17) is 5.73 Å². The first-order valence-corrected chi connectivity index (χ1v) is 6.60. The molecule has 3 aromatic rings. The fourth-order valence-electron chi connectivity index (χ4n) is 1.96. The Morgan fingerprint density at radius 2 is 2.05 bits per heavy atom. The molecule has 0 unspecified atom stereocenters. The van der Waals surface area contributed by atoms with Crippen LogP contribution in [0.4, 0.5) is 13.9 Å². The molecule has 2 heterocycles. The molecule has 0 saturated carbocycles. The summed E-state index contributed by atoms with van der Waals surface area (Å²) in [5.74, 6) is -1.03. The van der Waals surface area contributed by atoms with Crippen LogP contribution in [0.15, 0.2) is 24.4 Å². The number of nitrogens with zero attached hydrogens (tertiary/aromatic N) is 2. The minimum absolute atomic E-state index is 0.148. The molecule has 0 spiro atoms. The molecule has 1 aromatic carbocycles. The Labute approximate surface area is 117 Å². The Morgan fingerprint density at radius 3 is 2.75 bits per heavy atom. The lowest BCUT2D eigenvalue weighted by Gasteiger charge is -2.03. The summed E-state index contributed by atoms with van der Waals surface area (Å²) in [5.41, 5.74) is 7.88. The van der Waals surface area contributed by atoms with Crippen molar-refractivity contribution in [1.29, 1.82) is 0 Å². The fourth-order valence-corrected chi connectivity index (χ4v) is 2.83. The van der Waals surface area contributed by atoms with Gasteiger partial charge in [-0.3, -0.25) is 5.10 Å². The number of aryl methyl sites for hydroxylation is 1. The van der Waals surface area contributed by atoms with Crippen LogP contribution in [-0.4, -0.2) is 15.2 Å². The molecular weight excluding hydrogens is 282 g/mol. The Balaban J connectivity index is 2.25. The molecule has 0 amide bonds. The molecule has 3 N–H and O–H groups in total. The maximum atomic E-state index is 13.9. The average Bonchev–Trinajstić information content (AvgIpc) is 2.98. The van der Waals surface area contributed by atoms with Gasteiger partial charge in [0.1, 0.15) is 11.6 Å². The quantitative estimate of drug-likeness (QED) is 0.761. The number of nitrogens with one attached hydrogen (secondary N) is 1. The predicted octanol–water partition coefficient (Wildman–Crippen LogP) is 3.37. The number of anilines is 1. The molecule has 0 saturated heterocycles. The van der Waals surface area contributed by atoms with E-state index >= 15 is 0 Å². The summed E-state index contributed by atoms with van der Waals surface area (Å²) in [5, 5.41) is 6.99. The van der Waals surface area contributed by atoms with Crippen LogP contribution in [0.3, 0.4) is 0 Å². The van der Waals surface area contributed by atoms with Gasteiger partial charge in [-0.25, -0.2) is 13.8 Å². The number of thiazole rings is 1. The lowest BCUT2D eigenvalue weighted by Crippen LogP contribution is -1.88. The van der Waals surface area contributed by atoms with Gasteiger partial charge in [0.2, 0.25) is 0 Å². The fraction of sp³-hybridized carbons (Fsp3) is 0.0769. The highest BCUT2D eigenvalue weighted by atomic mass is 32.1. The van der Waals surface area contributed by atoms with E-state index in [2.05, 4.69) is 15.2 Å². The summed E-state index contributed by atoms with van der Waals surface area (Å²) in [6.45, 7) is 1.82. The van der Waals surface area contributed by atoms with Crippen LogP contribution in [0.25, 0.3) is 21.7 Å². The Morgan fingerprint density at radius 1 is 1.25 bits per heavy atom. The highest BCUT2D eigenvalue weighted by Gasteiger charge is 2.19. The van der Waals surface area contributed by atoms with Crippen LogP contribution in [0.1, 0.15) is 5.69 Å². The average molecular weight is 292 g/mol. The van der Waals surface area contributed by atoms with E-state index in [9.17, 15) is 8.78 Å². The minimum Gasteiger partial charge on any atom is -0.375 e. The van der Waals surface area contributed by atoms with Gasteiger partial charge in [0.05, 0.1) is 16.8 Å². The number of nitrogens with two attached hydrogens (primary N) is 1. The largest absolute Gasteiger partial charge is 0.375 e. The van der Waals surface area contributed by atoms with Crippen molar-refractivity contribution in [1.82, 2.24) is 15.2 Å². The molecule has 0 bridgehead atoms. The summed E-state index contributed by atoms with van der Waals surface area (Å²) in [6, 6.07) is 3.31.